The molecule has 3 fully saturated rings. The van der Waals surface area contributed by atoms with E-state index < -0.39 is 0 Å². The first-order chi connectivity index (χ1) is 17.0. The van der Waals surface area contributed by atoms with E-state index in [0.717, 1.165) is 74.6 Å². The highest BCUT2D eigenvalue weighted by atomic mass is 19.1. The minimum atomic E-state index is -0.265. The molecule has 0 atom stereocenters. The lowest BCUT2D eigenvalue weighted by molar-refractivity contribution is -0.136. The summed E-state index contributed by atoms with van der Waals surface area (Å²) in [7, 11) is 0. The lowest BCUT2D eigenvalue weighted by atomic mass is 9.86. The molecule has 1 aromatic heterocycles. The molecule has 0 bridgehead atoms. The Morgan fingerprint density at radius 3 is 2.34 bits per heavy atom. The number of amides is 1. The maximum atomic E-state index is 13.3. The maximum Gasteiger partial charge on any atom is 0.229 e. The second kappa shape index (κ2) is 10.9. The third-order valence-corrected chi connectivity index (χ3v) is 8.22. The molecule has 6 nitrogen and oxygen atoms in total. The summed E-state index contributed by atoms with van der Waals surface area (Å²) in [5, 5.41) is 6.97. The molecule has 2 N–H and O–H groups in total. The zero-order valence-corrected chi connectivity index (χ0v) is 20.8. The second-order valence-corrected chi connectivity index (χ2v) is 10.8. The molecule has 1 aromatic carbocycles. The van der Waals surface area contributed by atoms with Crippen molar-refractivity contribution in [1.82, 2.24) is 14.9 Å². The van der Waals surface area contributed by atoms with Crippen molar-refractivity contribution in [3.05, 3.63) is 41.8 Å². The Morgan fingerprint density at radius 2 is 1.66 bits per heavy atom. The number of rotatable bonds is 6. The third-order valence-electron chi connectivity index (χ3n) is 8.22. The van der Waals surface area contributed by atoms with Crippen LogP contribution in [0.15, 0.2) is 30.5 Å². The number of hydrogen-bond acceptors (Lipinski definition) is 5. The number of nitrogens with zero attached hydrogens (tertiary/aromatic N) is 3. The van der Waals surface area contributed by atoms with E-state index >= 15 is 0 Å². The Hall–Kier alpha value is -2.70. The molecular formula is C28H38FN5O. The summed E-state index contributed by atoms with van der Waals surface area (Å²) in [6.07, 6.45) is 13.1. The number of anilines is 3. The zero-order chi connectivity index (χ0) is 24.2. The predicted molar refractivity (Wildman–Crippen MR) is 137 cm³/mol. The number of benzene rings is 1. The lowest BCUT2D eigenvalue weighted by Crippen LogP contribution is -2.41. The molecule has 5 rings (SSSR count). The van der Waals surface area contributed by atoms with Crippen LogP contribution in [-0.4, -0.2) is 39.9 Å². The molecule has 7 heteroatoms. The van der Waals surface area contributed by atoms with Crippen molar-refractivity contribution in [2.24, 2.45) is 11.8 Å². The standard InChI is InChI=1S/C28H38FN5O/c1-19-6-10-23(11-7-19)31-26-25(18-30-28(33-26)32-24-12-8-22(29)9-13-24)20-14-16-34(17-15-20)27(35)21-4-2-3-5-21/h8-9,12-13,18-21,23H,2-7,10-11,14-17H2,1H3,(H2,30,31,32,33). The normalized spacial score (nSPS) is 23.9. The molecule has 2 saturated carbocycles. The minimum Gasteiger partial charge on any atom is -0.367 e. The molecule has 1 aliphatic heterocycles. The van der Waals surface area contributed by atoms with E-state index in [9.17, 15) is 9.18 Å². The SMILES string of the molecule is CC1CCC(Nc2nc(Nc3ccc(F)cc3)ncc2C2CCN(C(=O)C3CCCC3)CC2)CC1. The van der Waals surface area contributed by atoms with E-state index in [1.54, 1.807) is 12.1 Å². The van der Waals surface area contributed by atoms with Gasteiger partial charge in [0.25, 0.3) is 0 Å². The van der Waals surface area contributed by atoms with Crippen molar-refractivity contribution >= 4 is 23.4 Å². The van der Waals surface area contributed by atoms with Crippen LogP contribution in [0.5, 0.6) is 0 Å². The van der Waals surface area contributed by atoms with Crippen LogP contribution < -0.4 is 10.6 Å². The number of likely N-dealkylation sites (tertiary alicyclic amines) is 1. The molecule has 2 heterocycles. The molecular weight excluding hydrogens is 441 g/mol. The lowest BCUT2D eigenvalue weighted by Gasteiger charge is -2.35. The van der Waals surface area contributed by atoms with Crippen LogP contribution in [0.3, 0.4) is 0 Å². The fourth-order valence-corrected chi connectivity index (χ4v) is 5.97. The monoisotopic (exact) mass is 479 g/mol. The van der Waals surface area contributed by atoms with Gasteiger partial charge in [-0.15, -0.1) is 0 Å². The molecule has 1 saturated heterocycles. The molecule has 35 heavy (non-hydrogen) atoms. The number of carbonyl (C=O) groups excluding carboxylic acids is 1. The second-order valence-electron chi connectivity index (χ2n) is 10.8. The van der Waals surface area contributed by atoms with Crippen LogP contribution in [-0.2, 0) is 4.79 Å². The van der Waals surface area contributed by atoms with Crippen LogP contribution in [0, 0.1) is 17.7 Å². The highest BCUT2D eigenvalue weighted by Gasteiger charge is 2.32. The summed E-state index contributed by atoms with van der Waals surface area (Å²) in [6, 6.07) is 6.67. The highest BCUT2D eigenvalue weighted by Crippen LogP contribution is 2.36. The van der Waals surface area contributed by atoms with E-state index in [1.165, 1.54) is 37.8 Å². The van der Waals surface area contributed by atoms with Gasteiger partial charge in [-0.1, -0.05) is 19.8 Å². The fraction of sp³-hybridized carbons (Fsp3) is 0.607. The van der Waals surface area contributed by atoms with Crippen molar-refractivity contribution in [3.8, 4) is 0 Å². The van der Waals surface area contributed by atoms with Crippen LogP contribution in [0.1, 0.15) is 82.6 Å². The van der Waals surface area contributed by atoms with Crippen molar-refractivity contribution in [1.29, 1.82) is 0 Å². The zero-order valence-electron chi connectivity index (χ0n) is 20.8. The Bertz CT molecular complexity index is 991. The van der Waals surface area contributed by atoms with E-state index in [4.69, 9.17) is 4.98 Å². The van der Waals surface area contributed by atoms with Gasteiger partial charge in [0, 0.05) is 42.5 Å². The molecule has 2 aliphatic carbocycles. The summed E-state index contributed by atoms with van der Waals surface area (Å²) in [4.78, 5) is 24.5. The summed E-state index contributed by atoms with van der Waals surface area (Å²) >= 11 is 0. The largest absolute Gasteiger partial charge is 0.367 e. The summed E-state index contributed by atoms with van der Waals surface area (Å²) < 4.78 is 13.3. The van der Waals surface area contributed by atoms with Gasteiger partial charge in [0.05, 0.1) is 0 Å². The number of aromatic nitrogens is 2. The smallest absolute Gasteiger partial charge is 0.229 e. The minimum absolute atomic E-state index is 0.248. The maximum absolute atomic E-state index is 13.3. The molecule has 188 valence electrons. The average Bonchev–Trinajstić information content (AvgIpc) is 3.42. The first-order valence-electron chi connectivity index (χ1n) is 13.5. The van der Waals surface area contributed by atoms with E-state index in [2.05, 4.69) is 27.4 Å². The third kappa shape index (κ3) is 5.93. The van der Waals surface area contributed by atoms with Gasteiger partial charge < -0.3 is 15.5 Å². The first kappa shape index (κ1) is 24.0. The Balaban J connectivity index is 1.30. The molecule has 0 spiro atoms. The number of piperidine rings is 1. The summed E-state index contributed by atoms with van der Waals surface area (Å²) in [5.74, 6) is 2.90. The summed E-state index contributed by atoms with van der Waals surface area (Å²) in [5.41, 5.74) is 1.91. The Labute approximate surface area is 208 Å². The van der Waals surface area contributed by atoms with Crippen molar-refractivity contribution in [2.45, 2.75) is 83.1 Å². The van der Waals surface area contributed by atoms with Gasteiger partial charge >= 0.3 is 0 Å². The fourth-order valence-electron chi connectivity index (χ4n) is 5.97. The van der Waals surface area contributed by atoms with E-state index in [0.29, 0.717) is 23.8 Å². The quantitative estimate of drug-likeness (QED) is 0.513. The van der Waals surface area contributed by atoms with E-state index in [-0.39, 0.29) is 11.7 Å². The van der Waals surface area contributed by atoms with E-state index in [1.807, 2.05) is 6.20 Å². The Morgan fingerprint density at radius 1 is 0.971 bits per heavy atom. The first-order valence-corrected chi connectivity index (χ1v) is 13.5. The van der Waals surface area contributed by atoms with Crippen LogP contribution in [0.4, 0.5) is 21.8 Å². The Kier molecular flexibility index (Phi) is 7.49. The number of halogens is 1. The number of carbonyl (C=O) groups is 1. The van der Waals surface area contributed by atoms with Gasteiger partial charge in [0.2, 0.25) is 11.9 Å². The highest BCUT2D eigenvalue weighted by molar-refractivity contribution is 5.79. The van der Waals surface area contributed by atoms with Crippen molar-refractivity contribution < 1.29 is 9.18 Å². The van der Waals surface area contributed by atoms with Gasteiger partial charge in [0.1, 0.15) is 11.6 Å². The van der Waals surface area contributed by atoms with Crippen molar-refractivity contribution in [3.63, 3.8) is 0 Å². The predicted octanol–water partition coefficient (Wildman–Crippen LogP) is 6.25. The molecule has 3 aliphatic rings. The average molecular weight is 480 g/mol. The van der Waals surface area contributed by atoms with Gasteiger partial charge in [-0.3, -0.25) is 4.79 Å². The molecule has 1 amide bonds. The molecule has 0 unspecified atom stereocenters. The molecule has 2 aromatic rings. The summed E-state index contributed by atoms with van der Waals surface area (Å²) in [6.45, 7) is 3.96. The van der Waals surface area contributed by atoms with Gasteiger partial charge in [-0.2, -0.15) is 4.98 Å². The van der Waals surface area contributed by atoms with Gasteiger partial charge in [-0.05, 0) is 87.5 Å². The number of nitrogens with one attached hydrogen (secondary N) is 2. The topological polar surface area (TPSA) is 70.2 Å². The van der Waals surface area contributed by atoms with Crippen LogP contribution >= 0.6 is 0 Å². The van der Waals surface area contributed by atoms with Crippen LogP contribution in [0.2, 0.25) is 0 Å². The van der Waals surface area contributed by atoms with Crippen LogP contribution in [0.25, 0.3) is 0 Å². The van der Waals surface area contributed by atoms with Gasteiger partial charge in [0.15, 0.2) is 0 Å². The van der Waals surface area contributed by atoms with Crippen molar-refractivity contribution in [2.75, 3.05) is 23.7 Å². The molecule has 0 radical (unpaired) electrons. The number of hydrogen-bond donors (Lipinski definition) is 2. The van der Waals surface area contributed by atoms with Gasteiger partial charge in [-0.25, -0.2) is 9.37 Å².